The lowest BCUT2D eigenvalue weighted by molar-refractivity contribution is 0.0996. The topological polar surface area (TPSA) is 65.8 Å². The summed E-state index contributed by atoms with van der Waals surface area (Å²) in [6.07, 6.45) is 2.24. The van der Waals surface area contributed by atoms with Gasteiger partial charge < -0.3 is 19.5 Å². The molecule has 6 nitrogen and oxygen atoms in total. The second-order valence-corrected chi connectivity index (χ2v) is 7.09. The van der Waals surface area contributed by atoms with E-state index in [1.165, 1.54) is 17.5 Å². The Morgan fingerprint density at radius 3 is 2.34 bits per heavy atom. The van der Waals surface area contributed by atoms with Crippen molar-refractivity contribution < 1.29 is 14.0 Å². The Hall–Kier alpha value is -3.54. The van der Waals surface area contributed by atoms with Crippen LogP contribution in [0.2, 0.25) is 0 Å². The van der Waals surface area contributed by atoms with Gasteiger partial charge in [-0.05, 0) is 48.9 Å². The summed E-state index contributed by atoms with van der Waals surface area (Å²) in [4.78, 5) is 28.3. The Kier molecular flexibility index (Phi) is 5.33. The molecule has 0 bridgehead atoms. The van der Waals surface area contributed by atoms with Crippen LogP contribution in [0.4, 0.5) is 17.1 Å². The van der Waals surface area contributed by atoms with E-state index in [2.05, 4.69) is 46.3 Å². The quantitative estimate of drug-likeness (QED) is 0.669. The number of rotatable bonds is 5. The average Bonchev–Trinajstić information content (AvgIpc) is 3.29. The van der Waals surface area contributed by atoms with Crippen molar-refractivity contribution in [1.29, 1.82) is 0 Å². The SMILES string of the molecule is Cc1ccccc1N1CCN(c2ccc(C=O)cc2NC(=O)c2ccco2)CC1. The van der Waals surface area contributed by atoms with Crippen molar-refractivity contribution in [1.82, 2.24) is 0 Å². The molecule has 4 rings (SSSR count). The minimum absolute atomic E-state index is 0.233. The van der Waals surface area contributed by atoms with E-state index >= 15 is 0 Å². The van der Waals surface area contributed by atoms with Crippen LogP contribution < -0.4 is 15.1 Å². The lowest BCUT2D eigenvalue weighted by Crippen LogP contribution is -2.47. The smallest absolute Gasteiger partial charge is 0.291 e. The minimum atomic E-state index is -0.335. The van der Waals surface area contributed by atoms with Gasteiger partial charge in [-0.15, -0.1) is 0 Å². The molecule has 1 amide bonds. The van der Waals surface area contributed by atoms with Crippen LogP contribution in [0.1, 0.15) is 26.5 Å². The fraction of sp³-hybridized carbons (Fsp3) is 0.217. The van der Waals surface area contributed by atoms with Crippen molar-refractivity contribution in [3.8, 4) is 0 Å². The number of aldehydes is 1. The summed E-state index contributed by atoms with van der Waals surface area (Å²) < 4.78 is 5.18. The maximum absolute atomic E-state index is 12.5. The lowest BCUT2D eigenvalue weighted by atomic mass is 10.1. The monoisotopic (exact) mass is 389 g/mol. The van der Waals surface area contributed by atoms with Gasteiger partial charge in [-0.25, -0.2) is 0 Å². The molecule has 1 aliphatic rings. The predicted octanol–water partition coefficient (Wildman–Crippen LogP) is 3.98. The molecule has 1 aromatic heterocycles. The Balaban J connectivity index is 1.53. The predicted molar refractivity (Wildman–Crippen MR) is 114 cm³/mol. The van der Waals surface area contributed by atoms with Crippen LogP contribution in [0.3, 0.4) is 0 Å². The molecule has 0 saturated carbocycles. The van der Waals surface area contributed by atoms with Crippen LogP contribution >= 0.6 is 0 Å². The number of hydrogen-bond acceptors (Lipinski definition) is 5. The highest BCUT2D eigenvalue weighted by molar-refractivity contribution is 6.04. The highest BCUT2D eigenvalue weighted by Gasteiger charge is 2.22. The number of piperazine rings is 1. The van der Waals surface area contributed by atoms with Crippen LogP contribution in [-0.2, 0) is 0 Å². The van der Waals surface area contributed by atoms with Crippen molar-refractivity contribution in [3.63, 3.8) is 0 Å². The van der Waals surface area contributed by atoms with Crippen LogP contribution in [-0.4, -0.2) is 38.4 Å². The average molecular weight is 389 g/mol. The third-order valence-corrected chi connectivity index (χ3v) is 5.23. The molecule has 2 heterocycles. The van der Waals surface area contributed by atoms with Gasteiger partial charge in [-0.3, -0.25) is 9.59 Å². The lowest BCUT2D eigenvalue weighted by Gasteiger charge is -2.38. The van der Waals surface area contributed by atoms with Gasteiger partial charge >= 0.3 is 0 Å². The van der Waals surface area contributed by atoms with Crippen LogP contribution in [0.5, 0.6) is 0 Å². The Morgan fingerprint density at radius 1 is 0.966 bits per heavy atom. The third kappa shape index (κ3) is 4.01. The standard InChI is InChI=1S/C23H23N3O3/c1-17-5-2-3-6-20(17)25-10-12-26(13-11-25)21-9-8-18(16-27)15-19(21)24-23(28)22-7-4-14-29-22/h2-9,14-16H,10-13H2,1H3,(H,24,28). The van der Waals surface area contributed by atoms with Crippen LogP contribution in [0.15, 0.2) is 65.3 Å². The van der Waals surface area contributed by atoms with Crippen molar-refractivity contribution in [2.75, 3.05) is 41.3 Å². The van der Waals surface area contributed by atoms with Gasteiger partial charge in [0, 0.05) is 37.4 Å². The number of amides is 1. The van der Waals surface area contributed by atoms with Gasteiger partial charge in [0.15, 0.2) is 5.76 Å². The van der Waals surface area contributed by atoms with E-state index in [0.29, 0.717) is 11.3 Å². The molecule has 0 atom stereocenters. The summed E-state index contributed by atoms with van der Waals surface area (Å²) >= 11 is 0. The number of carbonyl (C=O) groups is 2. The van der Waals surface area contributed by atoms with Crippen molar-refractivity contribution in [3.05, 3.63) is 77.7 Å². The van der Waals surface area contributed by atoms with Gasteiger partial charge in [-0.1, -0.05) is 18.2 Å². The normalized spacial score (nSPS) is 14.0. The fourth-order valence-electron chi connectivity index (χ4n) is 3.70. The number of nitrogens with one attached hydrogen (secondary N) is 1. The molecular weight excluding hydrogens is 366 g/mol. The van der Waals surface area contributed by atoms with E-state index in [1.54, 1.807) is 24.3 Å². The molecule has 0 spiro atoms. The molecule has 2 aromatic carbocycles. The molecule has 0 aliphatic carbocycles. The molecule has 1 saturated heterocycles. The molecule has 1 aliphatic heterocycles. The van der Waals surface area contributed by atoms with Gasteiger partial charge in [0.2, 0.25) is 0 Å². The zero-order valence-corrected chi connectivity index (χ0v) is 16.3. The largest absolute Gasteiger partial charge is 0.459 e. The van der Waals surface area contributed by atoms with Gasteiger partial charge in [0.1, 0.15) is 6.29 Å². The van der Waals surface area contributed by atoms with Crippen LogP contribution in [0, 0.1) is 6.92 Å². The fourth-order valence-corrected chi connectivity index (χ4v) is 3.70. The van der Waals surface area contributed by atoms with Gasteiger partial charge in [-0.2, -0.15) is 0 Å². The molecule has 29 heavy (non-hydrogen) atoms. The molecule has 148 valence electrons. The summed E-state index contributed by atoms with van der Waals surface area (Å²) in [6, 6.07) is 17.1. The summed E-state index contributed by atoms with van der Waals surface area (Å²) in [5.41, 5.74) is 4.56. The first-order valence-electron chi connectivity index (χ1n) is 9.65. The van der Waals surface area contributed by atoms with E-state index in [1.807, 2.05) is 6.07 Å². The first-order chi connectivity index (χ1) is 14.2. The summed E-state index contributed by atoms with van der Waals surface area (Å²) in [7, 11) is 0. The number of hydrogen-bond donors (Lipinski definition) is 1. The van der Waals surface area contributed by atoms with E-state index in [4.69, 9.17) is 4.42 Å². The molecule has 1 fully saturated rings. The first kappa shape index (κ1) is 18.8. The minimum Gasteiger partial charge on any atom is -0.459 e. The van der Waals surface area contributed by atoms with Crippen molar-refractivity contribution in [2.45, 2.75) is 6.92 Å². The Labute approximate surface area is 169 Å². The number of para-hydroxylation sites is 1. The summed E-state index contributed by atoms with van der Waals surface area (Å²) in [6.45, 7) is 5.52. The highest BCUT2D eigenvalue weighted by atomic mass is 16.3. The summed E-state index contributed by atoms with van der Waals surface area (Å²) in [5.74, 6) is -0.102. The number of anilines is 3. The van der Waals surface area contributed by atoms with E-state index < -0.39 is 0 Å². The maximum atomic E-state index is 12.5. The Morgan fingerprint density at radius 2 is 1.69 bits per heavy atom. The Bertz CT molecular complexity index is 1010. The van der Waals surface area contributed by atoms with Gasteiger partial charge in [0.25, 0.3) is 5.91 Å². The maximum Gasteiger partial charge on any atom is 0.291 e. The molecule has 6 heteroatoms. The second kappa shape index (κ2) is 8.22. The number of benzene rings is 2. The summed E-state index contributed by atoms with van der Waals surface area (Å²) in [5, 5.41) is 2.89. The number of carbonyl (C=O) groups excluding carboxylic acids is 2. The van der Waals surface area contributed by atoms with E-state index in [9.17, 15) is 9.59 Å². The van der Waals surface area contributed by atoms with Gasteiger partial charge in [0.05, 0.1) is 17.6 Å². The molecule has 1 N–H and O–H groups in total. The number of nitrogens with zero attached hydrogens (tertiary/aromatic N) is 2. The number of aryl methyl sites for hydroxylation is 1. The zero-order valence-electron chi connectivity index (χ0n) is 16.3. The molecule has 0 radical (unpaired) electrons. The number of furan rings is 1. The first-order valence-corrected chi connectivity index (χ1v) is 9.65. The molecule has 3 aromatic rings. The molecule has 0 unspecified atom stereocenters. The third-order valence-electron chi connectivity index (χ3n) is 5.23. The second-order valence-electron chi connectivity index (χ2n) is 7.09. The van der Waals surface area contributed by atoms with Crippen molar-refractivity contribution in [2.24, 2.45) is 0 Å². The highest BCUT2D eigenvalue weighted by Crippen LogP contribution is 2.30. The van der Waals surface area contributed by atoms with Crippen LogP contribution in [0.25, 0.3) is 0 Å². The van der Waals surface area contributed by atoms with E-state index in [-0.39, 0.29) is 11.7 Å². The van der Waals surface area contributed by atoms with Crippen molar-refractivity contribution >= 4 is 29.3 Å². The molecular formula is C23H23N3O3. The van der Waals surface area contributed by atoms with E-state index in [0.717, 1.165) is 38.2 Å². The zero-order chi connectivity index (χ0) is 20.2.